The Hall–Kier alpha value is -4.64. The number of hydrogen-bond acceptors (Lipinski definition) is 21. The number of benzene rings is 2. The number of carbonyl (C=O) groups excluding carboxylic acids is 6. The Morgan fingerprint density at radius 2 is 1.63 bits per heavy atom. The molecule has 430 valence electrons. The highest BCUT2D eigenvalue weighted by molar-refractivity contribution is 9.08. The average Bonchev–Trinajstić information content (AvgIpc) is 3.99. The number of aromatic hydroxyl groups is 2. The Kier molecular flexibility index (Phi) is 21.3. The molecular formula is C54H66Br2N4O18S. The summed E-state index contributed by atoms with van der Waals surface area (Å²) in [6.45, 7) is 4.22. The molecule has 2 aromatic carbocycles. The lowest BCUT2D eigenvalue weighted by atomic mass is 9.72. The van der Waals surface area contributed by atoms with Gasteiger partial charge in [0.25, 0.3) is 5.91 Å². The highest BCUT2D eigenvalue weighted by Crippen LogP contribution is 2.53. The molecule has 22 nitrogen and oxygen atoms in total. The van der Waals surface area contributed by atoms with E-state index in [4.69, 9.17) is 42.6 Å². The number of thioether (sulfide) groups is 1. The molecule has 1 aromatic heterocycles. The summed E-state index contributed by atoms with van der Waals surface area (Å²) in [5.41, 5.74) is -2.12. The Bertz CT molecular complexity index is 2720. The van der Waals surface area contributed by atoms with Crippen molar-refractivity contribution in [1.29, 1.82) is 0 Å². The van der Waals surface area contributed by atoms with E-state index in [1.54, 1.807) is 0 Å². The van der Waals surface area contributed by atoms with Crippen LogP contribution in [-0.4, -0.2) is 188 Å². The van der Waals surface area contributed by atoms with Gasteiger partial charge in [0.15, 0.2) is 30.4 Å². The first kappa shape index (κ1) is 60.5. The maximum absolute atomic E-state index is 14.2. The maximum Gasteiger partial charge on any atom is 0.252 e. The van der Waals surface area contributed by atoms with E-state index >= 15 is 0 Å². The third kappa shape index (κ3) is 14.2. The van der Waals surface area contributed by atoms with Crippen molar-refractivity contribution < 1.29 is 86.7 Å². The molecule has 8 atom stereocenters. The zero-order valence-electron chi connectivity index (χ0n) is 44.1. The summed E-state index contributed by atoms with van der Waals surface area (Å²) >= 11 is 8.03. The van der Waals surface area contributed by atoms with E-state index < -0.39 is 108 Å². The Labute approximate surface area is 477 Å². The molecule has 5 N–H and O–H groups in total. The van der Waals surface area contributed by atoms with Crippen LogP contribution in [-0.2, 0) is 69.4 Å². The smallest absolute Gasteiger partial charge is 0.252 e. The highest BCUT2D eigenvalue weighted by Gasteiger charge is 2.55. The Morgan fingerprint density at radius 1 is 0.899 bits per heavy atom. The number of nitrogens with zero attached hydrogens (tertiary/aromatic N) is 2. The highest BCUT2D eigenvalue weighted by atomic mass is 79.9. The molecule has 3 aromatic rings. The van der Waals surface area contributed by atoms with Crippen LogP contribution in [0, 0.1) is 0 Å². The number of ether oxygens (including phenoxy) is 9. The van der Waals surface area contributed by atoms with Gasteiger partial charge >= 0.3 is 0 Å². The number of amides is 2. The molecule has 3 aliphatic heterocycles. The van der Waals surface area contributed by atoms with E-state index in [1.807, 2.05) is 19.1 Å². The van der Waals surface area contributed by atoms with Gasteiger partial charge in [-0.15, -0.1) is 0 Å². The fourth-order valence-electron chi connectivity index (χ4n) is 10.5. The van der Waals surface area contributed by atoms with E-state index in [2.05, 4.69) is 52.4 Å². The van der Waals surface area contributed by atoms with E-state index in [0.717, 1.165) is 17.1 Å². The van der Waals surface area contributed by atoms with Crippen LogP contribution in [0.25, 0.3) is 0 Å². The number of phenolic OH excluding ortho intramolecular Hbond substituents is 2. The molecule has 3 saturated heterocycles. The van der Waals surface area contributed by atoms with E-state index in [1.165, 1.54) is 44.2 Å². The summed E-state index contributed by atoms with van der Waals surface area (Å²) in [5.74, 6) is -3.52. The standard InChI is InChI=1S/C54H66Br2N4O18S/c1-29-50-37(60-12-14-75-52(71-3)51(60)78-50)22-41(76-29)77-39-24-54(69,23-36-43(39)49(67)45-44(47(36)65)46(64)35-7-4-8-38(70-2)42(35)48(45)66)53(68)58-27-33(62)10-19-79-28-40(63)57-11-5-6-32(61)9-13-72-15-16-73-17-18-74-34-20-30(25-55)59-31(21-34)26-56/h4,7-8,20-21,29,37,39,41,50-52,65,67,69H,5-6,9-19,22-28H2,1-3H3,(H,57,63)(H,58,68)/t29-,37-,39-,41-,50+,51+,52-,54-/m0/s1. The second-order valence-electron chi connectivity index (χ2n) is 19.6. The number of methoxy groups -OCH3 is 2. The second-order valence-corrected chi connectivity index (χ2v) is 21.8. The first-order valence-electron chi connectivity index (χ1n) is 26.1. The molecule has 0 spiro atoms. The number of pyridine rings is 1. The summed E-state index contributed by atoms with van der Waals surface area (Å²) in [5, 5.41) is 42.9. The van der Waals surface area contributed by atoms with E-state index in [-0.39, 0.29) is 89.5 Å². The quantitative estimate of drug-likeness (QED) is 0.0304. The van der Waals surface area contributed by atoms with Crippen LogP contribution in [0.15, 0.2) is 30.3 Å². The molecule has 2 amide bonds. The predicted molar refractivity (Wildman–Crippen MR) is 290 cm³/mol. The first-order chi connectivity index (χ1) is 38.1. The number of alkyl halides is 2. The minimum Gasteiger partial charge on any atom is -0.507 e. The molecule has 4 heterocycles. The molecule has 0 unspecified atom stereocenters. The zero-order valence-corrected chi connectivity index (χ0v) is 48.1. The normalized spacial score (nSPS) is 24.2. The third-order valence-corrected chi connectivity index (χ3v) is 16.4. The number of aromatic nitrogens is 1. The van der Waals surface area contributed by atoms with Crippen molar-refractivity contribution in [2.45, 2.75) is 111 Å². The van der Waals surface area contributed by atoms with Crippen molar-refractivity contribution in [3.05, 3.63) is 75.1 Å². The van der Waals surface area contributed by atoms with Crippen LogP contribution in [0.3, 0.4) is 0 Å². The van der Waals surface area contributed by atoms with Crippen molar-refractivity contribution in [3.8, 4) is 23.0 Å². The van der Waals surface area contributed by atoms with Crippen LogP contribution >= 0.6 is 43.6 Å². The van der Waals surface area contributed by atoms with E-state index in [9.17, 15) is 44.1 Å². The number of aliphatic hydroxyl groups is 1. The number of phenols is 2. The molecule has 8 rings (SSSR count). The van der Waals surface area contributed by atoms with Gasteiger partial charge in [0.2, 0.25) is 11.7 Å². The number of rotatable bonds is 28. The van der Waals surface area contributed by atoms with Gasteiger partial charge in [-0.2, -0.15) is 11.8 Å². The third-order valence-electron chi connectivity index (χ3n) is 14.3. The number of halogens is 2. The lowest BCUT2D eigenvalue weighted by Gasteiger charge is -2.43. The summed E-state index contributed by atoms with van der Waals surface area (Å²) in [7, 11) is 2.85. The average molecular weight is 1250 g/mol. The number of ketones is 4. The molecule has 3 fully saturated rings. The number of morpholine rings is 1. The van der Waals surface area contributed by atoms with Gasteiger partial charge in [-0.25, -0.2) is 0 Å². The molecule has 5 aliphatic rings. The Morgan fingerprint density at radius 3 is 2.37 bits per heavy atom. The fourth-order valence-corrected chi connectivity index (χ4v) is 11.9. The van der Waals surface area contributed by atoms with Crippen molar-refractivity contribution in [1.82, 2.24) is 20.5 Å². The summed E-state index contributed by atoms with van der Waals surface area (Å²) in [6, 6.07) is 7.89. The number of Topliss-reactive ketones (excluding diaryl/α,β-unsaturated/α-hetero) is 2. The monoisotopic (exact) mass is 1250 g/mol. The van der Waals surface area contributed by atoms with Crippen LogP contribution in [0.4, 0.5) is 0 Å². The molecule has 25 heteroatoms. The molecular weight excluding hydrogens is 1180 g/mol. The summed E-state index contributed by atoms with van der Waals surface area (Å²) in [6.07, 6.45) is -4.53. The molecule has 79 heavy (non-hydrogen) atoms. The van der Waals surface area contributed by atoms with Crippen LogP contribution in [0.2, 0.25) is 0 Å². The zero-order chi connectivity index (χ0) is 56.4. The van der Waals surface area contributed by atoms with Crippen molar-refractivity contribution in [2.24, 2.45) is 0 Å². The van der Waals surface area contributed by atoms with E-state index in [0.29, 0.717) is 63.2 Å². The van der Waals surface area contributed by atoms with Crippen LogP contribution in [0.1, 0.15) is 106 Å². The SMILES string of the molecule is COc1cccc2c1C(=O)c1c(O)c3c(c(O)c1C2=O)C[C@@](O)(C(=O)NCC(=O)CCSCC(=O)NCCCC(=O)CCOCCOCCOc1cc(CBr)nc(CBr)c1)C[C@@H]3O[C@H]1C[C@H]2[C@H](O[C@@H]3[C@@H](OC)OCCN32)[C@H](C)O1. The number of hydrogen-bond donors (Lipinski definition) is 5. The van der Waals surface area contributed by atoms with Gasteiger partial charge in [-0.3, -0.25) is 38.7 Å². The lowest BCUT2D eigenvalue weighted by Crippen LogP contribution is -2.55. The van der Waals surface area contributed by atoms with Crippen LogP contribution < -0.4 is 20.1 Å². The van der Waals surface area contributed by atoms with Gasteiger partial charge in [0, 0.05) is 110 Å². The molecule has 0 saturated carbocycles. The second kappa shape index (κ2) is 27.9. The van der Waals surface area contributed by atoms with Gasteiger partial charge in [0.05, 0.1) is 92.7 Å². The van der Waals surface area contributed by atoms with Crippen molar-refractivity contribution >= 4 is 78.6 Å². The molecule has 2 aliphatic carbocycles. The summed E-state index contributed by atoms with van der Waals surface area (Å²) in [4.78, 5) is 86.9. The minimum absolute atomic E-state index is 0.00794. The summed E-state index contributed by atoms with van der Waals surface area (Å²) < 4.78 is 52.8. The van der Waals surface area contributed by atoms with Gasteiger partial charge in [-0.1, -0.05) is 44.0 Å². The first-order valence-corrected chi connectivity index (χ1v) is 29.5. The maximum atomic E-state index is 14.2. The molecule has 0 bridgehead atoms. The van der Waals surface area contributed by atoms with Gasteiger partial charge < -0.3 is 68.6 Å². The number of fused-ring (bicyclic) bond motifs is 6. The van der Waals surface area contributed by atoms with Crippen molar-refractivity contribution in [2.75, 3.05) is 85.0 Å². The van der Waals surface area contributed by atoms with Crippen molar-refractivity contribution in [3.63, 3.8) is 0 Å². The Balaban J connectivity index is 0.787. The molecule has 0 radical (unpaired) electrons. The van der Waals surface area contributed by atoms with Crippen LogP contribution in [0.5, 0.6) is 23.0 Å². The fraction of sp³-hybridized carbons (Fsp3) is 0.574. The largest absolute Gasteiger partial charge is 0.507 e. The topological polar surface area (TPSA) is 286 Å². The van der Waals surface area contributed by atoms with Gasteiger partial charge in [0.1, 0.15) is 47.1 Å². The number of carbonyl (C=O) groups is 6. The lowest BCUT2D eigenvalue weighted by molar-refractivity contribution is -0.256. The van der Waals surface area contributed by atoms with Gasteiger partial charge in [-0.05, 0) is 19.4 Å². The minimum atomic E-state index is -2.38. The predicted octanol–water partition coefficient (Wildman–Crippen LogP) is 4.11. The number of nitrogens with one attached hydrogen (secondary N) is 2.